The maximum Gasteiger partial charge on any atom is 0.136 e. The van der Waals surface area contributed by atoms with Crippen LogP contribution in [0.2, 0.25) is 0 Å². The van der Waals surface area contributed by atoms with E-state index in [1.165, 1.54) is 0 Å². The molecule has 8 aromatic rings. The molecule has 1 heteroatoms. The zero-order chi connectivity index (χ0) is 46.6. The van der Waals surface area contributed by atoms with Gasteiger partial charge in [0.25, 0.3) is 0 Å². The fourth-order valence-corrected chi connectivity index (χ4v) is 4.48. The molecular weight excluding hydrogens is 472 g/mol. The van der Waals surface area contributed by atoms with E-state index in [0.29, 0.717) is 0 Å². The van der Waals surface area contributed by atoms with Crippen LogP contribution >= 0.6 is 0 Å². The van der Waals surface area contributed by atoms with Gasteiger partial charge in [0.2, 0.25) is 0 Å². The Morgan fingerprint density at radius 3 is 1.38 bits per heavy atom. The second kappa shape index (κ2) is 8.72. The molecule has 1 aromatic heterocycles. The van der Waals surface area contributed by atoms with E-state index in [0.717, 1.165) is 0 Å². The number of para-hydroxylation sites is 1. The highest BCUT2D eigenvalue weighted by Crippen LogP contribution is 2.43. The Balaban J connectivity index is 1.61. The van der Waals surface area contributed by atoms with Gasteiger partial charge in [-0.25, -0.2) is 0 Å². The lowest BCUT2D eigenvalue weighted by Gasteiger charge is -2.18. The Labute approximate surface area is 260 Å². The average molecular weight is 521 g/mol. The van der Waals surface area contributed by atoms with Crippen molar-refractivity contribution in [2.75, 3.05) is 0 Å². The van der Waals surface area contributed by atoms with Crippen LogP contribution in [0.5, 0.6) is 0 Å². The molecule has 0 aliphatic carbocycles. The molecular formula is C38H24O. The molecule has 0 saturated heterocycles. The summed E-state index contributed by atoms with van der Waals surface area (Å²) in [7, 11) is 0. The van der Waals surface area contributed by atoms with Crippen molar-refractivity contribution < 1.29 is 37.3 Å². The van der Waals surface area contributed by atoms with Gasteiger partial charge in [-0.15, -0.1) is 0 Å². The normalized spacial score (nSPS) is 20.2. The minimum absolute atomic E-state index is 0.315. The van der Waals surface area contributed by atoms with Crippen LogP contribution in [-0.4, -0.2) is 0 Å². The van der Waals surface area contributed by atoms with E-state index >= 15 is 0 Å². The van der Waals surface area contributed by atoms with Gasteiger partial charge >= 0.3 is 0 Å². The molecule has 0 aliphatic heterocycles. The van der Waals surface area contributed by atoms with E-state index in [2.05, 4.69) is 0 Å². The zero-order valence-corrected chi connectivity index (χ0v) is 19.4. The van der Waals surface area contributed by atoms with Crippen molar-refractivity contribution in [2.45, 2.75) is 0 Å². The lowest BCUT2D eigenvalue weighted by Crippen LogP contribution is -1.90. The van der Waals surface area contributed by atoms with E-state index in [-0.39, 0.29) is 10.8 Å². The van der Waals surface area contributed by atoms with Gasteiger partial charge < -0.3 is 4.42 Å². The van der Waals surface area contributed by atoms with Crippen LogP contribution in [0.4, 0.5) is 0 Å². The first-order chi connectivity index (χ1) is 29.3. The number of fused-ring (bicyclic) bond motifs is 5. The third kappa shape index (κ3) is 3.48. The van der Waals surface area contributed by atoms with E-state index in [1.54, 1.807) is 0 Å². The number of hydrogen-bond acceptors (Lipinski definition) is 1. The number of rotatable bonds is 3. The van der Waals surface area contributed by atoms with Crippen molar-refractivity contribution in [3.8, 4) is 33.4 Å². The molecule has 39 heavy (non-hydrogen) atoms. The number of benzene rings is 7. The summed E-state index contributed by atoms with van der Waals surface area (Å²) in [4.78, 5) is 0. The van der Waals surface area contributed by atoms with E-state index in [9.17, 15) is 5.48 Å². The van der Waals surface area contributed by atoms with E-state index in [1.807, 2.05) is 0 Å². The second-order valence-corrected chi connectivity index (χ2v) is 8.26. The van der Waals surface area contributed by atoms with Crippen LogP contribution in [-0.2, 0) is 0 Å². The molecule has 0 saturated carbocycles. The first-order valence-corrected chi connectivity index (χ1v) is 11.4. The van der Waals surface area contributed by atoms with Crippen molar-refractivity contribution in [1.82, 2.24) is 0 Å². The highest BCUT2D eigenvalue weighted by Gasteiger charge is 2.16. The minimum atomic E-state index is -1.03. The Hall–Kier alpha value is -5.14. The molecule has 1 nitrogen and oxygen atoms in total. The van der Waals surface area contributed by atoms with Crippen LogP contribution in [0.3, 0.4) is 0 Å². The average Bonchev–Trinajstić information content (AvgIpc) is 3.67. The third-order valence-electron chi connectivity index (χ3n) is 6.14. The fourth-order valence-electron chi connectivity index (χ4n) is 4.48. The largest absolute Gasteiger partial charge is 0.456 e. The standard InChI is InChI=1S/C38H24O/c1-2-10-26(11-3-1)37-31-13-4-6-15-33(31)38(34-16-7-5-14-32(34)37)27-20-18-25(19-21-27)28-22-23-30-29-12-8-9-17-35(29)39-36(30)24-28/h1-24H/i1D,2D,3D,4D,5D,6D,7D,8D,9D,10D,11D,12D,13D,14D,15D,16D,17D,18D,19D,20D,21D,22D,23D,24D. The van der Waals surface area contributed by atoms with Crippen LogP contribution in [0.15, 0.2) is 149 Å². The van der Waals surface area contributed by atoms with Gasteiger partial charge in [-0.05, 0) is 73.1 Å². The molecule has 0 aliphatic rings. The van der Waals surface area contributed by atoms with Gasteiger partial charge in [0.15, 0.2) is 0 Å². The SMILES string of the molecule is [2H]c1c([2H])c([2H])c(-c2c3c([2H])c([2H])c([2H])c([2H])c3c(-c3c([2H])c([2H])c(-c4c([2H])c([2H])c5c(oc6c([2H])c([2H])c([2H])c([2H])c65)c4[2H])c([2H])c3[2H])c3c([2H])c([2H])c([2H])c([2H])c23)c([2H])c1[2H]. The lowest BCUT2D eigenvalue weighted by molar-refractivity contribution is 0.669. The van der Waals surface area contributed by atoms with Crippen molar-refractivity contribution in [2.24, 2.45) is 0 Å². The molecule has 0 amide bonds. The summed E-state index contributed by atoms with van der Waals surface area (Å²) in [6.45, 7) is 0. The summed E-state index contributed by atoms with van der Waals surface area (Å²) in [6.07, 6.45) is 0. The van der Waals surface area contributed by atoms with Crippen LogP contribution in [0, 0.1) is 0 Å². The lowest BCUT2D eigenvalue weighted by atomic mass is 9.86. The molecule has 0 atom stereocenters. The van der Waals surface area contributed by atoms with Crippen molar-refractivity contribution in [3.63, 3.8) is 0 Å². The topological polar surface area (TPSA) is 13.1 Å². The summed E-state index contributed by atoms with van der Waals surface area (Å²) in [5, 5.41) is -3.33. The molecule has 0 unspecified atom stereocenters. The van der Waals surface area contributed by atoms with Crippen LogP contribution in [0.1, 0.15) is 32.9 Å². The van der Waals surface area contributed by atoms with Gasteiger partial charge in [-0.3, -0.25) is 0 Å². The molecule has 1 heterocycles. The maximum absolute atomic E-state index is 9.38. The molecule has 182 valence electrons. The molecule has 7 aromatic carbocycles. The monoisotopic (exact) mass is 520 g/mol. The predicted octanol–water partition coefficient (Wildman–Crippen LogP) is 10.9. The molecule has 0 radical (unpaired) electrons. The van der Waals surface area contributed by atoms with Gasteiger partial charge in [0.1, 0.15) is 11.2 Å². The summed E-state index contributed by atoms with van der Waals surface area (Å²) < 4.78 is 216. The summed E-state index contributed by atoms with van der Waals surface area (Å²) in [5.74, 6) is 0. The maximum atomic E-state index is 9.38. The van der Waals surface area contributed by atoms with Crippen LogP contribution < -0.4 is 0 Å². The van der Waals surface area contributed by atoms with Crippen molar-refractivity contribution in [3.05, 3.63) is 145 Å². The predicted molar refractivity (Wildman–Crippen MR) is 165 cm³/mol. The first-order valence-electron chi connectivity index (χ1n) is 23.4. The van der Waals surface area contributed by atoms with E-state index in [4.69, 9.17) is 31.8 Å². The van der Waals surface area contributed by atoms with Gasteiger partial charge in [0.05, 0.1) is 32.9 Å². The summed E-state index contributed by atoms with van der Waals surface area (Å²) in [5.41, 5.74) is -5.28. The van der Waals surface area contributed by atoms with Gasteiger partial charge in [-0.2, -0.15) is 0 Å². The summed E-state index contributed by atoms with van der Waals surface area (Å²) in [6, 6.07) is -21.0. The highest BCUT2D eigenvalue weighted by molar-refractivity contribution is 6.21. The van der Waals surface area contributed by atoms with E-state index < -0.39 is 211 Å². The smallest absolute Gasteiger partial charge is 0.136 e. The minimum Gasteiger partial charge on any atom is -0.456 e. The second-order valence-electron chi connectivity index (χ2n) is 8.26. The van der Waals surface area contributed by atoms with Crippen molar-refractivity contribution in [1.29, 1.82) is 0 Å². The van der Waals surface area contributed by atoms with Crippen LogP contribution in [0.25, 0.3) is 76.9 Å². The Morgan fingerprint density at radius 2 is 0.769 bits per heavy atom. The Kier molecular flexibility index (Phi) is 1.94. The third-order valence-corrected chi connectivity index (χ3v) is 6.14. The van der Waals surface area contributed by atoms with Gasteiger partial charge in [-0.1, -0.05) is 127 Å². The quantitative estimate of drug-likeness (QED) is 0.211. The zero-order valence-electron chi connectivity index (χ0n) is 43.4. The van der Waals surface area contributed by atoms with Crippen molar-refractivity contribution >= 4 is 43.5 Å². The number of furan rings is 1. The number of hydrogen-bond donors (Lipinski definition) is 0. The first kappa shape index (κ1) is 8.69. The highest BCUT2D eigenvalue weighted by atomic mass is 16.3. The molecule has 0 N–H and O–H groups in total. The summed E-state index contributed by atoms with van der Waals surface area (Å²) >= 11 is 0. The Bertz CT molecular complexity index is 3360. The molecule has 0 spiro atoms. The fraction of sp³-hybridized carbons (Fsp3) is 0. The molecule has 8 rings (SSSR count). The van der Waals surface area contributed by atoms with Gasteiger partial charge in [0, 0.05) is 10.8 Å². The molecule has 0 fully saturated rings. The molecule has 0 bridgehead atoms. The Morgan fingerprint density at radius 1 is 0.333 bits per heavy atom.